The number of carboxylic acids is 5. The first kappa shape index (κ1) is 50.5. The van der Waals surface area contributed by atoms with E-state index < -0.39 is 29.8 Å². The molecule has 0 aliphatic carbocycles. The predicted octanol–water partition coefficient (Wildman–Crippen LogP) is -0.726. The number of carboxylic acid groups (broad SMARTS) is 5. The van der Waals surface area contributed by atoms with Crippen molar-refractivity contribution in [3.05, 3.63) is 40.4 Å². The number of hydrogen-bond acceptors (Lipinski definition) is 8. The summed E-state index contributed by atoms with van der Waals surface area (Å²) in [4.78, 5) is 44.4. The molecule has 0 saturated carbocycles. The number of aliphatic carboxylic acids is 5. The van der Waals surface area contributed by atoms with Crippen LogP contribution in [0.5, 0.6) is 0 Å². The van der Waals surface area contributed by atoms with E-state index >= 15 is 0 Å². The summed E-state index contributed by atoms with van der Waals surface area (Å²) >= 11 is 0. The molecule has 0 aromatic heterocycles. The molecule has 0 unspecified atom stereocenters. The molecule has 15 heteroatoms. The fourth-order valence-electron chi connectivity index (χ4n) is 0.315. The van der Waals surface area contributed by atoms with Crippen LogP contribution in [0.1, 0.15) is 0 Å². The molecule has 0 aliphatic heterocycles. The fourth-order valence-corrected chi connectivity index (χ4v) is 0.315. The van der Waals surface area contributed by atoms with Gasteiger partial charge in [-0.25, -0.2) is 0 Å². The van der Waals surface area contributed by atoms with Gasteiger partial charge in [0.25, 0.3) is 0 Å². The van der Waals surface area contributed by atoms with Gasteiger partial charge in [0.05, 0.1) is 0 Å². The molecule has 0 heterocycles. The van der Waals surface area contributed by atoms with Gasteiger partial charge in [-0.2, -0.15) is 0 Å². The van der Waals surface area contributed by atoms with Gasteiger partial charge in [-0.15, -0.1) is 6.54 Å². The van der Waals surface area contributed by atoms with Crippen LogP contribution in [0.3, 0.4) is 0 Å². The Balaban J connectivity index is -0.0000000305. The second kappa shape index (κ2) is 50.1. The first-order valence-electron chi connectivity index (χ1n) is 6.38. The summed E-state index contributed by atoms with van der Waals surface area (Å²) in [5.41, 5.74) is 11.8. The van der Waals surface area contributed by atoms with Gasteiger partial charge >= 0.3 is 0 Å². The van der Waals surface area contributed by atoms with Crippen LogP contribution in [-0.4, -0.2) is 81.6 Å². The molecule has 0 rings (SSSR count). The van der Waals surface area contributed by atoms with Crippen molar-refractivity contribution < 1.29 is 91.3 Å². The van der Waals surface area contributed by atoms with Crippen molar-refractivity contribution in [1.82, 2.24) is 11.5 Å². The molecule has 0 atom stereocenters. The molecule has 0 spiro atoms. The molecule has 0 aromatic rings. The van der Waals surface area contributed by atoms with Gasteiger partial charge < -0.3 is 48.5 Å². The Morgan fingerprint density at radius 1 is 0.690 bits per heavy atom. The smallest absolute Gasteiger partial charge is 0.161 e. The Kier molecular flexibility index (Phi) is 87.3. The van der Waals surface area contributed by atoms with Crippen LogP contribution in [0.2, 0.25) is 0 Å². The number of nitrogens with two attached hydrogens (primary N) is 1. The van der Waals surface area contributed by atoms with E-state index in [1.54, 1.807) is 0 Å². The third kappa shape index (κ3) is 4040. The van der Waals surface area contributed by atoms with E-state index in [1.807, 2.05) is 0 Å². The Hall–Kier alpha value is -2.08. The van der Waals surface area contributed by atoms with Crippen LogP contribution in [0.15, 0.2) is 0 Å². The molecular formula is C14H30CeN4O10-6. The second-order valence-corrected chi connectivity index (χ2v) is 3.26. The minimum absolute atomic E-state index is 0. The van der Waals surface area contributed by atoms with Gasteiger partial charge in [-0.3, -0.25) is 58.6 Å². The normalized spacial score (nSPS) is 6.41. The molecule has 176 valence electrons. The number of rotatable bonds is 4. The van der Waals surface area contributed by atoms with Crippen molar-refractivity contribution in [3.8, 4) is 0 Å². The SMILES string of the molecule is N.[CH2-]C(=O)O.[CH2-]C(=O)O.[CH2-]C(=O)O.[CH2-]C(=O)O.[CH2-]C(=O)O.[Ce].[NH-]CCNCCN. The molecule has 0 saturated heterocycles. The summed E-state index contributed by atoms with van der Waals surface area (Å²) in [7, 11) is 0. The van der Waals surface area contributed by atoms with Crippen LogP contribution < -0.4 is 17.2 Å². The minimum atomic E-state index is -1.08. The molecule has 0 aromatic carbocycles. The number of hydrogen-bond donors (Lipinski definition) is 8. The molecule has 29 heavy (non-hydrogen) atoms. The van der Waals surface area contributed by atoms with Gasteiger partial charge in [0.2, 0.25) is 0 Å². The van der Waals surface area contributed by atoms with E-state index in [0.717, 1.165) is 13.1 Å². The average Bonchev–Trinajstić information content (AvgIpc) is 2.35. The van der Waals surface area contributed by atoms with Gasteiger partial charge in [0.1, 0.15) is 0 Å². The zero-order valence-corrected chi connectivity index (χ0v) is 19.1. The number of carbonyl (C=O) groups is 5. The maximum Gasteiger partial charge on any atom is 0.161 e. The Bertz CT molecular complexity index is 292. The molecule has 0 bridgehead atoms. The van der Waals surface area contributed by atoms with Crippen LogP contribution in [0, 0.1) is 76.4 Å². The van der Waals surface area contributed by atoms with Crippen LogP contribution in [-0.2, 0) is 24.0 Å². The van der Waals surface area contributed by atoms with Gasteiger partial charge in [0, 0.05) is 54.8 Å². The van der Waals surface area contributed by atoms with Gasteiger partial charge in [-0.05, 0) is 6.54 Å². The first-order chi connectivity index (χ1) is 12.1. The first-order valence-corrected chi connectivity index (χ1v) is 6.38. The van der Waals surface area contributed by atoms with Gasteiger partial charge in [-0.1, -0.05) is 0 Å². The van der Waals surface area contributed by atoms with Crippen LogP contribution in [0.25, 0.3) is 5.73 Å². The Morgan fingerprint density at radius 3 is 0.966 bits per heavy atom. The third-order valence-electron chi connectivity index (χ3n) is 0.623. The average molecular weight is 555 g/mol. The van der Waals surface area contributed by atoms with Crippen molar-refractivity contribution in [1.29, 1.82) is 0 Å². The molecule has 0 aliphatic rings. The fraction of sp³-hybridized carbons (Fsp3) is 0.286. The topological polar surface area (TPSA) is 283 Å². The maximum atomic E-state index is 8.89. The van der Waals surface area contributed by atoms with Crippen LogP contribution >= 0.6 is 0 Å². The Morgan fingerprint density at radius 2 is 0.862 bits per heavy atom. The summed E-state index contributed by atoms with van der Waals surface area (Å²) in [5.74, 6) is -5.42. The van der Waals surface area contributed by atoms with E-state index in [0.29, 0.717) is 13.1 Å². The number of nitrogens with one attached hydrogen (secondary N) is 2. The standard InChI is InChI=1S/C4H12N3.5C2H3O2.Ce.H3N/c5-1-3-7-4-2-6;5*1-2(3)4;;/h5,7H,1-4,6H2;5*1H2,(H,3,4);;1H3/q6*-1;;. The van der Waals surface area contributed by atoms with E-state index in [9.17, 15) is 0 Å². The minimum Gasteiger partial charge on any atom is -0.676 e. The quantitative estimate of drug-likeness (QED) is 0.157. The van der Waals surface area contributed by atoms with Crippen molar-refractivity contribution in [3.63, 3.8) is 0 Å². The summed E-state index contributed by atoms with van der Waals surface area (Å²) < 4.78 is 0. The molecule has 0 amide bonds. The zero-order valence-electron chi connectivity index (χ0n) is 15.9. The van der Waals surface area contributed by atoms with Crippen molar-refractivity contribution in [2.24, 2.45) is 5.73 Å². The predicted molar refractivity (Wildman–Crippen MR) is 101 cm³/mol. The third-order valence-corrected chi connectivity index (χ3v) is 0.623. The zero-order chi connectivity index (χ0) is 23.4. The molecule has 12 N–H and O–H groups in total. The van der Waals surface area contributed by atoms with E-state index in [4.69, 9.17) is 61.0 Å². The maximum absolute atomic E-state index is 8.89. The van der Waals surface area contributed by atoms with Crippen LogP contribution in [0.4, 0.5) is 0 Å². The van der Waals surface area contributed by atoms with Crippen molar-refractivity contribution in [2.45, 2.75) is 0 Å². The van der Waals surface area contributed by atoms with E-state index in [-0.39, 0.29) is 47.9 Å². The molecule has 14 nitrogen and oxygen atoms in total. The van der Waals surface area contributed by atoms with E-state index in [1.165, 1.54) is 0 Å². The second-order valence-electron chi connectivity index (χ2n) is 3.26. The molecule has 0 fully saturated rings. The molecular weight excluding hydrogens is 524 g/mol. The molecule has 0 radical (unpaired) electrons. The summed E-state index contributed by atoms with van der Waals surface area (Å²) in [6.45, 7) is 15.5. The largest absolute Gasteiger partial charge is 0.676 e. The van der Waals surface area contributed by atoms with E-state index in [2.05, 4.69) is 39.9 Å². The van der Waals surface area contributed by atoms with Crippen molar-refractivity contribution in [2.75, 3.05) is 26.2 Å². The summed E-state index contributed by atoms with van der Waals surface area (Å²) in [5, 5.41) is 39.5. The summed E-state index contributed by atoms with van der Waals surface area (Å²) in [6.07, 6.45) is 0. The summed E-state index contributed by atoms with van der Waals surface area (Å²) in [6, 6.07) is 0. The monoisotopic (exact) mass is 554 g/mol. The Labute approximate surface area is 204 Å². The van der Waals surface area contributed by atoms with Crippen molar-refractivity contribution >= 4 is 29.8 Å². The van der Waals surface area contributed by atoms with Gasteiger partial charge in [0.15, 0.2) is 29.8 Å².